The van der Waals surface area contributed by atoms with Crippen LogP contribution in [-0.4, -0.2) is 25.3 Å². The van der Waals surface area contributed by atoms with Crippen LogP contribution < -0.4 is 44.9 Å². The molecule has 7 nitrogen and oxygen atoms in total. The highest BCUT2D eigenvalue weighted by atomic mass is 35.7. The molecule has 3 aromatic carbocycles. The number of halogens is 1. The predicted molar refractivity (Wildman–Crippen MR) is 127 cm³/mol. The molecule has 34 heavy (non-hydrogen) atoms. The highest BCUT2D eigenvalue weighted by Crippen LogP contribution is 2.55. The van der Waals surface area contributed by atoms with Gasteiger partial charge in [-0.2, -0.15) is 4.98 Å². The zero-order valence-electron chi connectivity index (χ0n) is 18.8. The van der Waals surface area contributed by atoms with E-state index in [1.165, 1.54) is 15.9 Å². The van der Waals surface area contributed by atoms with E-state index in [0.29, 0.717) is 6.01 Å². The molecule has 0 aliphatic carbocycles. The maximum absolute atomic E-state index is 8.49. The summed E-state index contributed by atoms with van der Waals surface area (Å²) < 4.78 is 40.2. The van der Waals surface area contributed by atoms with Crippen molar-refractivity contribution >= 4 is 46.4 Å². The lowest BCUT2D eigenvalue weighted by molar-refractivity contribution is -2.00. The third-order valence-electron chi connectivity index (χ3n) is 4.88. The second-order valence-corrected chi connectivity index (χ2v) is 12.1. The quantitative estimate of drug-likeness (QED) is 0.243. The smallest absolute Gasteiger partial charge is 0.301 e. The topological polar surface area (TPSA) is 122 Å². The van der Waals surface area contributed by atoms with Gasteiger partial charge in [-0.3, -0.25) is 0 Å². The van der Waals surface area contributed by atoms with E-state index in [-0.39, 0.29) is 0 Å². The molecule has 0 N–H and O–H groups in total. The lowest BCUT2D eigenvalue weighted by Gasteiger charge is -2.25. The molecule has 0 amide bonds. The predicted octanol–water partition coefficient (Wildman–Crippen LogP) is -0.674. The minimum Gasteiger partial charge on any atom is -0.412 e. The molecular formula is C24H24ClN2O5PS. The van der Waals surface area contributed by atoms with Crippen molar-refractivity contribution in [3.05, 3.63) is 91.0 Å². The van der Waals surface area contributed by atoms with Crippen molar-refractivity contribution in [2.45, 2.75) is 5.09 Å². The van der Waals surface area contributed by atoms with Gasteiger partial charge in [0.1, 0.15) is 15.9 Å². The van der Waals surface area contributed by atoms with Gasteiger partial charge >= 0.3 is 6.01 Å². The third-order valence-corrected chi connectivity index (χ3v) is 9.84. The summed E-state index contributed by atoms with van der Waals surface area (Å²) in [7, 11) is -3.24. The van der Waals surface area contributed by atoms with Crippen molar-refractivity contribution in [3.8, 4) is 0 Å². The minimum atomic E-state index is -4.94. The number of benzene rings is 3. The molecule has 4 aromatic rings. The van der Waals surface area contributed by atoms with Crippen molar-refractivity contribution in [2.75, 3.05) is 25.3 Å². The van der Waals surface area contributed by atoms with Crippen LogP contribution in [0, 0.1) is 10.2 Å². The molecule has 0 fully saturated rings. The summed E-state index contributed by atoms with van der Waals surface area (Å²) in [4.78, 5) is 7.00. The minimum absolute atomic E-state index is 0.636. The van der Waals surface area contributed by atoms with Crippen molar-refractivity contribution in [1.29, 1.82) is 0 Å². The summed E-state index contributed by atoms with van der Waals surface area (Å²) in [6.45, 7) is 0. The first kappa shape index (κ1) is 26.2. The van der Waals surface area contributed by atoms with Crippen LogP contribution in [0.3, 0.4) is 0 Å². The second kappa shape index (κ2) is 11.3. The molecule has 0 saturated heterocycles. The van der Waals surface area contributed by atoms with Crippen LogP contribution >= 0.6 is 19.0 Å². The van der Waals surface area contributed by atoms with E-state index in [2.05, 4.69) is 97.3 Å². The largest absolute Gasteiger partial charge is 0.412 e. The van der Waals surface area contributed by atoms with Gasteiger partial charge in [0, 0.05) is 14.1 Å². The standard InChI is InChI=1S/C24H24N2OPS.ClHO4/c1-26(2)24-25-22(23(27-24)29-3)28(19-13-7-4-8-14-19,20-15-9-5-10-16-20)21-17-11-6-12-18-21;2-1(3,4)5/h4-18H,1-3H3;(H,2,3,4,5)/q+1;/p-1. The van der Waals surface area contributed by atoms with E-state index in [4.69, 9.17) is 28.0 Å². The Bertz CT molecular complexity index is 1070. The molecule has 178 valence electrons. The fourth-order valence-corrected chi connectivity index (χ4v) is 8.70. The van der Waals surface area contributed by atoms with Gasteiger partial charge in [-0.25, -0.2) is 18.6 Å². The number of anilines is 1. The van der Waals surface area contributed by atoms with Gasteiger partial charge in [0.15, 0.2) is 7.26 Å². The van der Waals surface area contributed by atoms with Crippen molar-refractivity contribution in [3.63, 3.8) is 0 Å². The van der Waals surface area contributed by atoms with Gasteiger partial charge in [-0.15, -0.1) is 10.2 Å². The van der Waals surface area contributed by atoms with E-state index < -0.39 is 17.5 Å². The molecule has 1 aromatic heterocycles. The molecule has 0 aliphatic heterocycles. The van der Waals surface area contributed by atoms with Crippen LogP contribution in [0.25, 0.3) is 0 Å². The van der Waals surface area contributed by atoms with E-state index >= 15 is 0 Å². The molecule has 0 aliphatic rings. The van der Waals surface area contributed by atoms with E-state index in [1.807, 2.05) is 19.0 Å². The Balaban J connectivity index is 0.000000588. The number of hydrogen-bond acceptors (Lipinski definition) is 8. The summed E-state index contributed by atoms with van der Waals surface area (Å²) >= 11 is 1.62. The van der Waals surface area contributed by atoms with Crippen LogP contribution in [0.2, 0.25) is 0 Å². The lowest BCUT2D eigenvalue weighted by Crippen LogP contribution is -2.68. The summed E-state index contributed by atoms with van der Waals surface area (Å²) in [5, 5.41) is 4.68. The number of nitrogens with zero attached hydrogens (tertiary/aromatic N) is 2. The average Bonchev–Trinajstić information content (AvgIpc) is 3.26. The second-order valence-electron chi connectivity index (χ2n) is 7.26. The summed E-state index contributed by atoms with van der Waals surface area (Å²) in [5.41, 5.74) is 1.03. The van der Waals surface area contributed by atoms with Crippen molar-refractivity contribution in [2.24, 2.45) is 0 Å². The zero-order chi connectivity index (χ0) is 24.8. The molecule has 0 spiro atoms. The molecular weight excluding hydrogens is 495 g/mol. The van der Waals surface area contributed by atoms with E-state index in [9.17, 15) is 0 Å². The maximum atomic E-state index is 8.49. The van der Waals surface area contributed by atoms with Gasteiger partial charge in [0.2, 0.25) is 5.09 Å². The summed E-state index contributed by atoms with van der Waals surface area (Å²) in [5.74, 6) is 0. The maximum Gasteiger partial charge on any atom is 0.301 e. The van der Waals surface area contributed by atoms with Crippen LogP contribution in [0.4, 0.5) is 6.01 Å². The van der Waals surface area contributed by atoms with Crippen molar-refractivity contribution in [1.82, 2.24) is 4.98 Å². The molecule has 10 heteroatoms. The third kappa shape index (κ3) is 5.98. The van der Waals surface area contributed by atoms with Crippen LogP contribution in [0.15, 0.2) is 101 Å². The Kier molecular flexibility index (Phi) is 8.73. The fourth-order valence-electron chi connectivity index (χ4n) is 3.59. The Labute approximate surface area is 205 Å². The molecule has 0 atom stereocenters. The number of hydrogen-bond donors (Lipinski definition) is 0. The summed E-state index contributed by atoms with van der Waals surface area (Å²) in [6, 6.07) is 32.9. The number of thioether (sulfide) groups is 1. The monoisotopic (exact) mass is 518 g/mol. The highest BCUT2D eigenvalue weighted by Gasteiger charge is 2.52. The zero-order valence-corrected chi connectivity index (χ0v) is 21.3. The Hall–Kier alpha value is -2.42. The molecule has 0 bridgehead atoms. The first-order chi connectivity index (χ1) is 16.2. The van der Waals surface area contributed by atoms with Gasteiger partial charge in [0.25, 0.3) is 5.44 Å². The SMILES string of the molecule is CSc1oc(N(C)C)nc1[P+](c1ccccc1)(c1ccccc1)c1ccccc1.[O-][Cl+3]([O-])([O-])[O-]. The Morgan fingerprint density at radius 2 is 1.09 bits per heavy atom. The first-order valence-corrected chi connectivity index (χ1v) is 14.3. The number of aromatic nitrogens is 1. The van der Waals surface area contributed by atoms with Gasteiger partial charge < -0.3 is 9.32 Å². The van der Waals surface area contributed by atoms with E-state index in [0.717, 1.165) is 10.5 Å². The molecule has 0 saturated carbocycles. The Morgan fingerprint density at radius 3 is 1.38 bits per heavy atom. The first-order valence-electron chi connectivity index (χ1n) is 10.1. The number of oxazole rings is 1. The highest BCUT2D eigenvalue weighted by molar-refractivity contribution is 8.04. The Morgan fingerprint density at radius 1 is 0.735 bits per heavy atom. The summed E-state index contributed by atoms with van der Waals surface area (Å²) in [6.07, 6.45) is 2.05. The van der Waals surface area contributed by atoms with Gasteiger partial charge in [-0.1, -0.05) is 66.4 Å². The van der Waals surface area contributed by atoms with Crippen LogP contribution in [0.1, 0.15) is 0 Å². The normalized spacial score (nSPS) is 11.5. The molecule has 0 radical (unpaired) electrons. The van der Waals surface area contributed by atoms with Crippen molar-refractivity contribution < 1.29 is 33.3 Å². The fraction of sp³-hybridized carbons (Fsp3) is 0.125. The average molecular weight is 519 g/mol. The molecule has 4 rings (SSSR count). The lowest BCUT2D eigenvalue weighted by atomic mass is 10.4. The molecule has 0 unspecified atom stereocenters. The van der Waals surface area contributed by atoms with Gasteiger partial charge in [-0.05, 0) is 42.7 Å². The van der Waals surface area contributed by atoms with Crippen LogP contribution in [-0.2, 0) is 0 Å². The van der Waals surface area contributed by atoms with E-state index in [1.54, 1.807) is 11.8 Å². The van der Waals surface area contributed by atoms with Gasteiger partial charge in [0.05, 0.1) is 0 Å². The molecule has 1 heterocycles. The van der Waals surface area contributed by atoms with Crippen LogP contribution in [0.5, 0.6) is 0 Å². The number of rotatable bonds is 6.